The Morgan fingerprint density at radius 1 is 1.19 bits per heavy atom. The Morgan fingerprint density at radius 3 is 2.67 bits per heavy atom. The highest BCUT2D eigenvalue weighted by molar-refractivity contribution is 9.10. The molecule has 0 fully saturated rings. The molecule has 1 N–H and O–H groups in total. The van der Waals surface area contributed by atoms with Crippen molar-refractivity contribution in [3.8, 4) is 11.5 Å². The van der Waals surface area contributed by atoms with Crippen molar-refractivity contribution in [3.05, 3.63) is 57.0 Å². The molecule has 0 bridgehead atoms. The number of halogens is 4. The lowest BCUT2D eigenvalue weighted by molar-refractivity contribution is 0.462. The van der Waals surface area contributed by atoms with Crippen LogP contribution < -0.4 is 10.1 Å². The van der Waals surface area contributed by atoms with E-state index in [4.69, 9.17) is 16.3 Å². The third kappa shape index (κ3) is 4.15. The Kier molecular flexibility index (Phi) is 5.56. The summed E-state index contributed by atoms with van der Waals surface area (Å²) in [6.45, 7) is 3.15. The predicted octanol–water partition coefficient (Wildman–Crippen LogP) is 5.28. The third-order valence-corrected chi connectivity index (χ3v) is 3.69. The lowest BCUT2D eigenvalue weighted by Crippen LogP contribution is -2.12. The van der Waals surface area contributed by atoms with Gasteiger partial charge in [0, 0.05) is 18.2 Å². The molecule has 0 aliphatic carbocycles. The van der Waals surface area contributed by atoms with Crippen LogP contribution in [0.5, 0.6) is 11.5 Å². The van der Waals surface area contributed by atoms with Gasteiger partial charge in [-0.1, -0.05) is 18.5 Å². The Labute approximate surface area is 135 Å². The molecule has 21 heavy (non-hydrogen) atoms. The second kappa shape index (κ2) is 7.20. The van der Waals surface area contributed by atoms with Gasteiger partial charge >= 0.3 is 0 Å². The molecule has 2 aromatic rings. The van der Waals surface area contributed by atoms with Gasteiger partial charge in [0.1, 0.15) is 23.1 Å². The smallest absolute Gasteiger partial charge is 0.145 e. The minimum atomic E-state index is -0.579. The van der Waals surface area contributed by atoms with Gasteiger partial charge in [0.2, 0.25) is 0 Å². The number of hydrogen-bond acceptors (Lipinski definition) is 2. The normalized spacial score (nSPS) is 10.7. The van der Waals surface area contributed by atoms with Crippen molar-refractivity contribution >= 4 is 27.5 Å². The summed E-state index contributed by atoms with van der Waals surface area (Å²) >= 11 is 8.95. The maximum absolute atomic E-state index is 13.5. The number of benzene rings is 2. The zero-order valence-electron chi connectivity index (χ0n) is 11.2. The molecule has 6 heteroatoms. The molecule has 2 rings (SSSR count). The summed E-state index contributed by atoms with van der Waals surface area (Å²) < 4.78 is 33.1. The molecule has 0 aliphatic rings. The van der Waals surface area contributed by atoms with E-state index >= 15 is 0 Å². The fraction of sp³-hybridized carbons (Fsp3) is 0.200. The van der Waals surface area contributed by atoms with Crippen LogP contribution in [0.15, 0.2) is 34.8 Å². The lowest BCUT2D eigenvalue weighted by atomic mass is 10.2. The van der Waals surface area contributed by atoms with E-state index in [-0.39, 0.29) is 16.6 Å². The van der Waals surface area contributed by atoms with Gasteiger partial charge in [0.25, 0.3) is 0 Å². The first-order chi connectivity index (χ1) is 10.0. The van der Waals surface area contributed by atoms with Crippen molar-refractivity contribution in [1.29, 1.82) is 0 Å². The molecular weight excluding hydrogens is 364 g/mol. The van der Waals surface area contributed by atoms with Gasteiger partial charge in [0.05, 0.1) is 9.50 Å². The molecule has 2 nitrogen and oxygen atoms in total. The summed E-state index contributed by atoms with van der Waals surface area (Å²) in [6, 6.07) is 6.80. The van der Waals surface area contributed by atoms with E-state index in [1.165, 1.54) is 30.3 Å². The first-order valence-corrected chi connectivity index (χ1v) is 7.50. The average molecular weight is 377 g/mol. The molecule has 0 aromatic heterocycles. The van der Waals surface area contributed by atoms with Gasteiger partial charge in [0.15, 0.2) is 0 Å². The fourth-order valence-corrected chi connectivity index (χ4v) is 2.47. The molecule has 112 valence electrons. The third-order valence-electron chi connectivity index (χ3n) is 2.78. The SMILES string of the molecule is CCNCc1cc(F)ccc1Oc1cc(F)c(Cl)cc1Br. The van der Waals surface area contributed by atoms with E-state index in [0.717, 1.165) is 6.54 Å². The highest BCUT2D eigenvalue weighted by atomic mass is 79.9. The number of nitrogens with one attached hydrogen (secondary N) is 1. The van der Waals surface area contributed by atoms with E-state index in [1.54, 1.807) is 0 Å². The highest BCUT2D eigenvalue weighted by Crippen LogP contribution is 2.35. The molecule has 0 amide bonds. The van der Waals surface area contributed by atoms with Gasteiger partial charge < -0.3 is 10.1 Å². The molecule has 0 saturated carbocycles. The first-order valence-electron chi connectivity index (χ1n) is 6.32. The zero-order chi connectivity index (χ0) is 15.4. The molecule has 0 unspecified atom stereocenters. The van der Waals surface area contributed by atoms with E-state index < -0.39 is 5.82 Å². The monoisotopic (exact) mass is 375 g/mol. The Balaban J connectivity index is 2.32. The van der Waals surface area contributed by atoms with Crippen LogP contribution in [0.3, 0.4) is 0 Å². The van der Waals surface area contributed by atoms with Gasteiger partial charge in [-0.15, -0.1) is 0 Å². The van der Waals surface area contributed by atoms with E-state index in [0.29, 0.717) is 22.3 Å². The van der Waals surface area contributed by atoms with Crippen LogP contribution in [0.25, 0.3) is 0 Å². The van der Waals surface area contributed by atoms with Crippen LogP contribution in [0.2, 0.25) is 5.02 Å². The number of rotatable bonds is 5. The summed E-state index contributed by atoms with van der Waals surface area (Å²) in [5.41, 5.74) is 0.652. The van der Waals surface area contributed by atoms with Gasteiger partial charge in [-0.3, -0.25) is 0 Å². The van der Waals surface area contributed by atoms with Crippen LogP contribution >= 0.6 is 27.5 Å². The Morgan fingerprint density at radius 2 is 1.95 bits per heavy atom. The van der Waals surface area contributed by atoms with Crippen LogP contribution in [-0.4, -0.2) is 6.54 Å². The van der Waals surface area contributed by atoms with Crippen LogP contribution in [-0.2, 0) is 6.54 Å². The largest absolute Gasteiger partial charge is 0.456 e. The molecule has 0 spiro atoms. The number of hydrogen-bond donors (Lipinski definition) is 1. The molecule has 2 aromatic carbocycles. The molecule has 0 aliphatic heterocycles. The summed E-state index contributed by atoms with van der Waals surface area (Å²) in [5, 5.41) is 3.10. The predicted molar refractivity (Wildman–Crippen MR) is 83.0 cm³/mol. The summed E-state index contributed by atoms with van der Waals surface area (Å²) in [7, 11) is 0. The van der Waals surface area contributed by atoms with E-state index in [1.807, 2.05) is 6.92 Å². The first kappa shape index (κ1) is 16.2. The lowest BCUT2D eigenvalue weighted by Gasteiger charge is -2.13. The van der Waals surface area contributed by atoms with Crippen molar-refractivity contribution in [2.75, 3.05) is 6.54 Å². The molecule has 0 radical (unpaired) electrons. The van der Waals surface area contributed by atoms with Crippen molar-refractivity contribution < 1.29 is 13.5 Å². The van der Waals surface area contributed by atoms with Gasteiger partial charge in [-0.05, 0) is 46.7 Å². The molecule has 0 heterocycles. The van der Waals surface area contributed by atoms with E-state index in [9.17, 15) is 8.78 Å². The second-order valence-corrected chi connectivity index (χ2v) is 5.59. The minimum absolute atomic E-state index is 0.00112. The van der Waals surface area contributed by atoms with Gasteiger partial charge in [-0.25, -0.2) is 8.78 Å². The molecule has 0 saturated heterocycles. The summed E-state index contributed by atoms with van der Waals surface area (Å²) in [4.78, 5) is 0. The topological polar surface area (TPSA) is 21.3 Å². The van der Waals surface area contributed by atoms with Crippen molar-refractivity contribution in [3.63, 3.8) is 0 Å². The van der Waals surface area contributed by atoms with Crippen LogP contribution in [0.1, 0.15) is 12.5 Å². The molecular formula is C15H13BrClF2NO. The average Bonchev–Trinajstić information content (AvgIpc) is 2.44. The van der Waals surface area contributed by atoms with Crippen molar-refractivity contribution in [2.24, 2.45) is 0 Å². The molecule has 0 atom stereocenters. The fourth-order valence-electron chi connectivity index (χ4n) is 1.75. The van der Waals surface area contributed by atoms with Gasteiger partial charge in [-0.2, -0.15) is 0 Å². The van der Waals surface area contributed by atoms with Crippen LogP contribution in [0.4, 0.5) is 8.78 Å². The van der Waals surface area contributed by atoms with Crippen LogP contribution in [0, 0.1) is 11.6 Å². The standard InChI is InChI=1S/C15H13BrClF2NO/c1-2-20-8-9-5-10(18)3-4-14(9)21-15-7-13(19)12(17)6-11(15)16/h3-7,20H,2,8H2,1H3. The Hall–Kier alpha value is -1.17. The van der Waals surface area contributed by atoms with Crippen molar-refractivity contribution in [2.45, 2.75) is 13.5 Å². The van der Waals surface area contributed by atoms with E-state index in [2.05, 4.69) is 21.2 Å². The van der Waals surface area contributed by atoms with Crippen molar-refractivity contribution in [1.82, 2.24) is 5.32 Å². The summed E-state index contributed by atoms with van der Waals surface area (Å²) in [6.07, 6.45) is 0. The quantitative estimate of drug-likeness (QED) is 0.717. The maximum atomic E-state index is 13.5. The minimum Gasteiger partial charge on any atom is -0.456 e. The number of ether oxygens (including phenoxy) is 1. The second-order valence-electron chi connectivity index (χ2n) is 4.33. The Bertz CT molecular complexity index is 652. The summed E-state index contributed by atoms with van der Waals surface area (Å²) in [5.74, 6) is -0.192. The zero-order valence-corrected chi connectivity index (χ0v) is 13.6. The highest BCUT2D eigenvalue weighted by Gasteiger charge is 2.12. The maximum Gasteiger partial charge on any atom is 0.145 e.